The van der Waals surface area contributed by atoms with Gasteiger partial charge in [0.15, 0.2) is 11.9 Å². The molecule has 23 heteroatoms. The smallest absolute Gasteiger partial charge is 0.347 e. The van der Waals surface area contributed by atoms with E-state index in [0.717, 1.165) is 11.1 Å². The molecule has 0 aliphatic carbocycles. The van der Waals surface area contributed by atoms with Gasteiger partial charge in [-0.05, 0) is 80.3 Å². The fourth-order valence-electron chi connectivity index (χ4n) is 9.63. The summed E-state index contributed by atoms with van der Waals surface area (Å²) in [6, 6.07) is 10.7. The van der Waals surface area contributed by atoms with Crippen molar-refractivity contribution in [3.05, 3.63) is 89.0 Å². The minimum atomic E-state index is -1.28. The van der Waals surface area contributed by atoms with E-state index in [2.05, 4.69) is 22.5 Å². The quantitative estimate of drug-likeness (QED) is 0.0206. The number of nitrogens with one attached hydrogen (secondary N) is 3. The predicted octanol–water partition coefficient (Wildman–Crippen LogP) is 6.79. The summed E-state index contributed by atoms with van der Waals surface area (Å²) >= 11 is 6.39. The highest BCUT2D eigenvalue weighted by Crippen LogP contribution is 2.45. The van der Waals surface area contributed by atoms with E-state index in [1.54, 1.807) is 52.2 Å². The van der Waals surface area contributed by atoms with Crippen molar-refractivity contribution >= 4 is 64.7 Å². The first-order valence-corrected chi connectivity index (χ1v) is 31.1. The Hall–Kier alpha value is -6.56. The van der Waals surface area contributed by atoms with Crippen LogP contribution in [0, 0.1) is 29.1 Å². The second-order valence-corrected chi connectivity index (χ2v) is 24.2. The summed E-state index contributed by atoms with van der Waals surface area (Å²) in [6.45, 7) is 19.9. The first-order valence-electron chi connectivity index (χ1n) is 30.7. The highest BCUT2D eigenvalue weighted by molar-refractivity contribution is 6.32. The van der Waals surface area contributed by atoms with Gasteiger partial charge in [-0.2, -0.15) is 0 Å². The van der Waals surface area contributed by atoms with Gasteiger partial charge in [0.05, 0.1) is 88.8 Å². The van der Waals surface area contributed by atoms with Crippen LogP contribution in [0.4, 0.5) is 0 Å². The lowest BCUT2D eigenvalue weighted by Crippen LogP contribution is -2.51. The van der Waals surface area contributed by atoms with Gasteiger partial charge in [0, 0.05) is 70.7 Å². The van der Waals surface area contributed by atoms with Crippen molar-refractivity contribution in [1.29, 1.82) is 0 Å². The van der Waals surface area contributed by atoms with Crippen LogP contribution in [0.5, 0.6) is 5.75 Å². The lowest BCUT2D eigenvalue weighted by Gasteiger charge is -2.29. The average Bonchev–Trinajstić information content (AvgIpc) is 2.12. The van der Waals surface area contributed by atoms with Gasteiger partial charge in [-0.25, -0.2) is 4.79 Å². The molecule has 0 aromatic heterocycles. The Balaban J connectivity index is 1.34. The van der Waals surface area contributed by atoms with Crippen LogP contribution in [-0.2, 0) is 93.9 Å². The number of esters is 3. The number of halogens is 1. The molecule has 1 unspecified atom stereocenters. The number of benzene rings is 2. The number of nitrogens with zero attached hydrogens (tertiary/aromatic N) is 1. The monoisotopic (exact) mass is 1270 g/mol. The number of methoxy groups -OCH3 is 2. The summed E-state index contributed by atoms with van der Waals surface area (Å²) in [5, 5.41) is 8.69. The number of ketones is 2. The summed E-state index contributed by atoms with van der Waals surface area (Å²) in [7, 11) is 3.08. The Morgan fingerprint density at radius 2 is 1.48 bits per heavy atom. The van der Waals surface area contributed by atoms with Gasteiger partial charge in [0.2, 0.25) is 23.6 Å². The first-order chi connectivity index (χ1) is 42.4. The van der Waals surface area contributed by atoms with Crippen LogP contribution in [0.2, 0.25) is 5.02 Å². The van der Waals surface area contributed by atoms with E-state index in [0.29, 0.717) is 55.8 Å². The third-order valence-corrected chi connectivity index (χ3v) is 15.6. The minimum absolute atomic E-state index is 0.00604. The van der Waals surface area contributed by atoms with Crippen LogP contribution in [0.25, 0.3) is 0 Å². The standard InChI is InChI=1S/C66H95ClN4O18/c1-12-29-86-59(76)25-28-71(58(75)26-30-83-33-34-85-36-35-84-32-31-81-10)27-24-49(72)40-50(43(4)5)62(77)69-45(7)53(73)22-18-46-16-20-48(21-17-46)61-60(89-61)44(6)54-14-13-15-57(74)70-52(39-47-19-23-55(82-11)51(67)38-47)63(78)68-41-66(8,9)65(80)88-56(37-42(2)3)64(79)87-54/h12-13,15-17,19-21,23,38,42-45,50,52,54,56,60-61H,1,14,18,22,24-37,39-41H2,2-11H3,(H,68,78)(H,69,77)(H,70,74)/b15-13+/t44-,45-,50-,52?,54-,56-,60+,61+/m0/s1. The summed E-state index contributed by atoms with van der Waals surface area (Å²) in [4.78, 5) is 123. The molecule has 0 saturated carbocycles. The van der Waals surface area contributed by atoms with Crippen LogP contribution in [0.15, 0.2) is 67.3 Å². The molecule has 2 aliphatic heterocycles. The topological polar surface area (TPSA) is 279 Å². The molecular weight excluding hydrogens is 1170 g/mol. The van der Waals surface area contributed by atoms with Crippen molar-refractivity contribution < 1.29 is 85.8 Å². The molecule has 4 amide bonds. The number of hydrogen-bond donors (Lipinski definition) is 3. The molecule has 4 rings (SSSR count). The molecule has 2 heterocycles. The predicted molar refractivity (Wildman–Crippen MR) is 331 cm³/mol. The van der Waals surface area contributed by atoms with Crippen LogP contribution in [0.1, 0.15) is 123 Å². The summed E-state index contributed by atoms with van der Waals surface area (Å²) in [5.41, 5.74) is 1.08. The number of amides is 4. The normalized spacial score (nSPS) is 20.2. The van der Waals surface area contributed by atoms with E-state index < -0.39 is 83.3 Å². The van der Waals surface area contributed by atoms with E-state index in [1.165, 1.54) is 24.2 Å². The van der Waals surface area contributed by atoms with E-state index in [1.807, 2.05) is 58.9 Å². The number of carbonyl (C=O) groups is 9. The van der Waals surface area contributed by atoms with Gasteiger partial charge in [0.1, 0.15) is 36.4 Å². The molecule has 2 aromatic carbocycles. The third-order valence-electron chi connectivity index (χ3n) is 15.3. The second kappa shape index (κ2) is 38.9. The van der Waals surface area contributed by atoms with Crippen molar-refractivity contribution in [1.82, 2.24) is 20.9 Å². The van der Waals surface area contributed by atoms with Crippen molar-refractivity contribution in [2.75, 3.05) is 86.7 Å². The molecule has 89 heavy (non-hydrogen) atoms. The zero-order valence-electron chi connectivity index (χ0n) is 53.6. The molecule has 2 aromatic rings. The largest absolute Gasteiger partial charge is 0.495 e. The summed E-state index contributed by atoms with van der Waals surface area (Å²) in [5.74, 6) is -5.37. The number of hydrogen-bond acceptors (Lipinski definition) is 18. The Labute approximate surface area is 529 Å². The van der Waals surface area contributed by atoms with Crippen molar-refractivity contribution in [3.63, 3.8) is 0 Å². The maximum absolute atomic E-state index is 14.0. The van der Waals surface area contributed by atoms with Crippen molar-refractivity contribution in [3.8, 4) is 5.75 Å². The molecule has 1 fully saturated rings. The van der Waals surface area contributed by atoms with Crippen LogP contribution >= 0.6 is 11.6 Å². The Morgan fingerprint density at radius 1 is 0.831 bits per heavy atom. The number of Topliss-reactive ketones (excluding diaryl/α,β-unsaturated/α-hetero) is 2. The maximum Gasteiger partial charge on any atom is 0.347 e. The summed E-state index contributed by atoms with van der Waals surface area (Å²) < 4.78 is 50.0. The van der Waals surface area contributed by atoms with Gasteiger partial charge in [0.25, 0.3) is 0 Å². The van der Waals surface area contributed by atoms with Gasteiger partial charge < -0.3 is 63.5 Å². The second-order valence-electron chi connectivity index (χ2n) is 23.8. The SMILES string of the molecule is C=CCOC(=O)CCN(CCC(=O)C[C@H](C(=O)N[C@@H](C)C(=O)CCc1ccc([C@H]2O[C@@H]2[C@@H](C)[C@@H]2C/C=C/C(=O)NC(Cc3ccc(OC)c(Cl)c3)C(=O)NCC(C)(C)C(=O)O[C@@H](CC(C)C)C(=O)O2)cc1)C(C)C)C(=O)CCOCCOCCOCCOC. The Bertz CT molecular complexity index is 2680. The summed E-state index contributed by atoms with van der Waals surface area (Å²) in [6.07, 6.45) is 1.98. The lowest BCUT2D eigenvalue weighted by atomic mass is 9.88. The molecule has 494 valence electrons. The lowest BCUT2D eigenvalue weighted by molar-refractivity contribution is -0.179. The average molecular weight is 1270 g/mol. The molecular formula is C66H95ClN4O18. The van der Waals surface area contributed by atoms with Gasteiger partial charge in [-0.1, -0.05) is 95.3 Å². The van der Waals surface area contributed by atoms with E-state index in [-0.39, 0.29) is 126 Å². The molecule has 0 bridgehead atoms. The number of carbonyl (C=O) groups excluding carboxylic acids is 9. The highest BCUT2D eigenvalue weighted by Gasteiger charge is 2.48. The number of rotatable bonds is 37. The molecule has 0 radical (unpaired) electrons. The molecule has 8 atom stereocenters. The van der Waals surface area contributed by atoms with Crippen LogP contribution in [0.3, 0.4) is 0 Å². The molecule has 3 N–H and O–H groups in total. The van der Waals surface area contributed by atoms with E-state index in [4.69, 9.17) is 54.2 Å². The number of ether oxygens (including phenoxy) is 9. The highest BCUT2D eigenvalue weighted by atomic mass is 35.5. The maximum atomic E-state index is 14.0. The third kappa shape index (κ3) is 26.8. The molecule has 22 nitrogen and oxygen atoms in total. The number of aryl methyl sites for hydroxylation is 1. The Kier molecular flexibility index (Phi) is 32.7. The van der Waals surface area contributed by atoms with Gasteiger partial charge in [-0.3, -0.25) is 38.4 Å². The van der Waals surface area contributed by atoms with Crippen LogP contribution < -0.4 is 20.7 Å². The van der Waals surface area contributed by atoms with E-state index >= 15 is 0 Å². The minimum Gasteiger partial charge on any atom is -0.495 e. The van der Waals surface area contributed by atoms with Gasteiger partial charge >= 0.3 is 17.9 Å². The number of epoxide rings is 1. The number of cyclic esters (lactones) is 2. The zero-order chi connectivity index (χ0) is 65.6. The molecule has 2 aliphatic rings. The van der Waals surface area contributed by atoms with E-state index in [9.17, 15) is 43.2 Å². The fraction of sp³-hybridized carbons (Fsp3) is 0.621. The first kappa shape index (κ1) is 74.9. The van der Waals surface area contributed by atoms with Gasteiger partial charge in [-0.15, -0.1) is 0 Å². The molecule has 0 spiro atoms. The zero-order valence-corrected chi connectivity index (χ0v) is 54.3. The van der Waals surface area contributed by atoms with Crippen LogP contribution in [-0.4, -0.2) is 175 Å². The molecule has 1 saturated heterocycles. The van der Waals surface area contributed by atoms with Crippen molar-refractivity contribution in [2.45, 2.75) is 150 Å². The Morgan fingerprint density at radius 3 is 2.11 bits per heavy atom. The van der Waals surface area contributed by atoms with Crippen molar-refractivity contribution in [2.24, 2.45) is 29.1 Å². The fourth-order valence-corrected chi connectivity index (χ4v) is 9.91.